The molecule has 2 N–H and O–H groups in total. The van der Waals surface area contributed by atoms with Gasteiger partial charge in [0.1, 0.15) is 0 Å². The standard InChI is InChI=1S/C20H14O7.Na.H/c21-7-13-12(20(22)23)5-10-2-4-15-19(27-9-25-15)18(10)17(13)11-1-3-14-16(6-11)26-8-24-14;;/h1-6,21H,7-9H2,(H,22,23);;. The zero-order valence-corrected chi connectivity index (χ0v) is 14.0. The molecule has 0 spiro atoms. The van der Waals surface area contributed by atoms with Gasteiger partial charge in [0.15, 0.2) is 23.0 Å². The predicted molar refractivity (Wildman–Crippen MR) is 102 cm³/mol. The van der Waals surface area contributed by atoms with E-state index < -0.39 is 12.6 Å². The maximum atomic E-state index is 11.8. The van der Waals surface area contributed by atoms with Crippen LogP contribution in [0.15, 0.2) is 36.4 Å². The molecule has 2 heterocycles. The first-order chi connectivity index (χ1) is 13.2. The summed E-state index contributed by atoms with van der Waals surface area (Å²) >= 11 is 0. The van der Waals surface area contributed by atoms with E-state index in [-0.39, 0.29) is 48.7 Å². The molecule has 5 rings (SSSR count). The van der Waals surface area contributed by atoms with Crippen molar-refractivity contribution in [2.75, 3.05) is 13.6 Å². The van der Waals surface area contributed by atoms with Crippen molar-refractivity contribution >= 4 is 46.3 Å². The second-order valence-corrected chi connectivity index (χ2v) is 6.21. The minimum atomic E-state index is -1.11. The summed E-state index contributed by atoms with van der Waals surface area (Å²) in [5.74, 6) is 1.19. The summed E-state index contributed by atoms with van der Waals surface area (Å²) in [5.41, 5.74) is 1.61. The van der Waals surface area contributed by atoms with Crippen molar-refractivity contribution in [2.24, 2.45) is 0 Å². The molecule has 2 aliphatic rings. The van der Waals surface area contributed by atoms with Gasteiger partial charge in [-0.25, -0.2) is 4.79 Å². The van der Waals surface area contributed by atoms with Crippen molar-refractivity contribution in [1.29, 1.82) is 0 Å². The quantitative estimate of drug-likeness (QED) is 0.664. The zero-order chi connectivity index (χ0) is 18.5. The first-order valence-corrected chi connectivity index (χ1v) is 8.29. The van der Waals surface area contributed by atoms with Gasteiger partial charge in [-0.2, -0.15) is 0 Å². The number of rotatable bonds is 3. The number of carboxylic acid groups (broad SMARTS) is 1. The fourth-order valence-corrected chi connectivity index (χ4v) is 3.62. The number of hydrogen-bond donors (Lipinski definition) is 2. The van der Waals surface area contributed by atoms with Crippen LogP contribution in [-0.2, 0) is 6.61 Å². The molecule has 0 amide bonds. The van der Waals surface area contributed by atoms with E-state index in [0.717, 1.165) is 0 Å². The molecule has 3 aromatic rings. The average molecular weight is 390 g/mol. The van der Waals surface area contributed by atoms with Gasteiger partial charge in [-0.05, 0) is 40.8 Å². The second-order valence-electron chi connectivity index (χ2n) is 6.21. The Labute approximate surface area is 181 Å². The van der Waals surface area contributed by atoms with Gasteiger partial charge in [-0.1, -0.05) is 12.1 Å². The summed E-state index contributed by atoms with van der Waals surface area (Å²) in [4.78, 5) is 11.8. The first kappa shape index (κ1) is 18.9. The Morgan fingerprint density at radius 2 is 1.64 bits per heavy atom. The predicted octanol–water partition coefficient (Wildman–Crippen LogP) is 2.51. The van der Waals surface area contributed by atoms with Gasteiger partial charge < -0.3 is 29.2 Å². The van der Waals surface area contributed by atoms with Gasteiger partial charge in [-0.15, -0.1) is 0 Å². The molecule has 0 bridgehead atoms. The molecule has 0 radical (unpaired) electrons. The van der Waals surface area contributed by atoms with Gasteiger partial charge >= 0.3 is 35.5 Å². The van der Waals surface area contributed by atoms with E-state index in [9.17, 15) is 15.0 Å². The molecule has 0 saturated carbocycles. The summed E-state index contributed by atoms with van der Waals surface area (Å²) in [7, 11) is 0. The molecule has 0 fully saturated rings. The molecule has 3 aromatic carbocycles. The molecular formula is C20H15NaO7. The summed E-state index contributed by atoms with van der Waals surface area (Å²) in [6.07, 6.45) is 0. The number of ether oxygens (including phenoxy) is 4. The van der Waals surface area contributed by atoms with Gasteiger partial charge in [0.25, 0.3) is 0 Å². The molecule has 2 aliphatic heterocycles. The van der Waals surface area contributed by atoms with Crippen LogP contribution in [-0.4, -0.2) is 59.3 Å². The Hall–Kier alpha value is -2.45. The Bertz CT molecular complexity index is 1110. The van der Waals surface area contributed by atoms with E-state index in [1.807, 2.05) is 6.07 Å². The third-order valence-corrected chi connectivity index (χ3v) is 4.80. The molecule has 0 aromatic heterocycles. The number of carbonyl (C=O) groups is 1. The summed E-state index contributed by atoms with van der Waals surface area (Å²) in [6.45, 7) is -0.218. The van der Waals surface area contributed by atoms with Crippen molar-refractivity contribution in [3.8, 4) is 34.1 Å². The fraction of sp³-hybridized carbons (Fsp3) is 0.150. The van der Waals surface area contributed by atoms with Crippen molar-refractivity contribution in [3.63, 3.8) is 0 Å². The molecule has 8 heteroatoms. The van der Waals surface area contributed by atoms with Gasteiger partial charge in [0.2, 0.25) is 13.6 Å². The first-order valence-electron chi connectivity index (χ1n) is 8.29. The Morgan fingerprint density at radius 1 is 0.929 bits per heavy atom. The Balaban J connectivity index is 0.00000192. The molecule has 138 valence electrons. The van der Waals surface area contributed by atoms with Crippen LogP contribution < -0.4 is 18.9 Å². The van der Waals surface area contributed by atoms with Crippen LogP contribution >= 0.6 is 0 Å². The number of aromatic carboxylic acids is 1. The normalized spacial score (nSPS) is 13.5. The zero-order valence-electron chi connectivity index (χ0n) is 14.0. The molecule has 28 heavy (non-hydrogen) atoms. The second kappa shape index (κ2) is 7.18. The number of aliphatic hydroxyl groups is 1. The fourth-order valence-electron chi connectivity index (χ4n) is 3.62. The van der Waals surface area contributed by atoms with Crippen LogP contribution in [0.5, 0.6) is 23.0 Å². The molecule has 0 atom stereocenters. The Kier molecular flexibility index (Phi) is 4.84. The number of hydrogen-bond acceptors (Lipinski definition) is 6. The maximum absolute atomic E-state index is 11.8. The van der Waals surface area contributed by atoms with Crippen molar-refractivity contribution in [1.82, 2.24) is 0 Å². The van der Waals surface area contributed by atoms with Gasteiger partial charge in [0.05, 0.1) is 12.2 Å². The Morgan fingerprint density at radius 3 is 2.43 bits per heavy atom. The summed E-state index contributed by atoms with van der Waals surface area (Å²) < 4.78 is 22.0. The monoisotopic (exact) mass is 390 g/mol. The minimum absolute atomic E-state index is 0. The average Bonchev–Trinajstić information content (AvgIpc) is 3.34. The van der Waals surface area contributed by atoms with E-state index >= 15 is 0 Å². The van der Waals surface area contributed by atoms with Crippen LogP contribution in [0.1, 0.15) is 15.9 Å². The van der Waals surface area contributed by atoms with Crippen LogP contribution in [0, 0.1) is 0 Å². The van der Waals surface area contributed by atoms with Crippen LogP contribution in [0.3, 0.4) is 0 Å². The summed E-state index contributed by atoms with van der Waals surface area (Å²) in [5, 5.41) is 21.1. The number of carboxylic acids is 1. The summed E-state index contributed by atoms with van der Waals surface area (Å²) in [6, 6.07) is 10.4. The third-order valence-electron chi connectivity index (χ3n) is 4.80. The molecule has 0 aliphatic carbocycles. The molecule has 7 nitrogen and oxygen atoms in total. The molecule has 0 saturated heterocycles. The number of aliphatic hydroxyl groups excluding tert-OH is 1. The van der Waals surface area contributed by atoms with E-state index in [4.69, 9.17) is 18.9 Å². The topological polar surface area (TPSA) is 94.5 Å². The van der Waals surface area contributed by atoms with Crippen LogP contribution in [0.2, 0.25) is 0 Å². The van der Waals surface area contributed by atoms with Crippen molar-refractivity contribution in [2.45, 2.75) is 6.61 Å². The van der Waals surface area contributed by atoms with Gasteiger partial charge in [-0.3, -0.25) is 0 Å². The van der Waals surface area contributed by atoms with Crippen molar-refractivity contribution < 1.29 is 34.0 Å². The van der Waals surface area contributed by atoms with E-state index in [2.05, 4.69) is 0 Å². The van der Waals surface area contributed by atoms with Crippen LogP contribution in [0.25, 0.3) is 21.9 Å². The molecular weight excluding hydrogens is 375 g/mol. The SMILES string of the molecule is O=C(O)c1cc2ccc3c(c2c(-c2ccc4c(c2)OCO4)c1CO)OCO3.[NaH]. The van der Waals surface area contributed by atoms with E-state index in [0.29, 0.717) is 50.5 Å². The third kappa shape index (κ3) is 2.79. The van der Waals surface area contributed by atoms with Crippen LogP contribution in [0.4, 0.5) is 0 Å². The molecule has 0 unspecified atom stereocenters. The van der Waals surface area contributed by atoms with E-state index in [1.165, 1.54) is 0 Å². The van der Waals surface area contributed by atoms with E-state index in [1.54, 1.807) is 30.3 Å². The van der Waals surface area contributed by atoms with Gasteiger partial charge in [0, 0.05) is 10.9 Å². The number of benzene rings is 3. The van der Waals surface area contributed by atoms with Crippen molar-refractivity contribution in [3.05, 3.63) is 47.5 Å². The number of fused-ring (bicyclic) bond motifs is 4.